The highest BCUT2D eigenvalue weighted by atomic mass is 79.9. The molecule has 2 aromatic rings. The van der Waals surface area contributed by atoms with Crippen LogP contribution in [0.1, 0.15) is 42.1 Å². The number of carbonyl (C=O) groups excluding carboxylic acids is 2. The van der Waals surface area contributed by atoms with E-state index < -0.39 is 11.8 Å². The van der Waals surface area contributed by atoms with Crippen molar-refractivity contribution in [2.75, 3.05) is 13.2 Å². The third kappa shape index (κ3) is 8.94. The number of amides is 2. The van der Waals surface area contributed by atoms with Crippen molar-refractivity contribution >= 4 is 45.1 Å². The molecule has 0 saturated carbocycles. The summed E-state index contributed by atoms with van der Waals surface area (Å²) in [4.78, 5) is 24.2. The Balaban J connectivity index is 1.71. The van der Waals surface area contributed by atoms with E-state index in [2.05, 4.69) is 39.0 Å². The zero-order valence-corrected chi connectivity index (χ0v) is 19.9. The molecule has 0 radical (unpaired) electrons. The quantitative estimate of drug-likeness (QED) is 0.269. The van der Waals surface area contributed by atoms with E-state index in [4.69, 9.17) is 21.7 Å². The molecule has 0 heterocycles. The van der Waals surface area contributed by atoms with Crippen LogP contribution in [0.15, 0.2) is 46.9 Å². The number of aryl methyl sites for hydroxylation is 1. The van der Waals surface area contributed by atoms with Gasteiger partial charge in [0.2, 0.25) is 0 Å². The average Bonchev–Trinajstić information content (AvgIpc) is 2.75. The molecule has 9 heteroatoms. The lowest BCUT2D eigenvalue weighted by atomic mass is 10.2. The molecule has 0 bridgehead atoms. The fraction of sp³-hybridized carbons (Fsp3) is 0.318. The van der Waals surface area contributed by atoms with E-state index in [-0.39, 0.29) is 11.7 Å². The fourth-order valence-corrected chi connectivity index (χ4v) is 3.23. The monoisotopic (exact) mass is 507 g/mol. The second kappa shape index (κ2) is 12.9. The van der Waals surface area contributed by atoms with E-state index in [0.29, 0.717) is 23.7 Å². The summed E-state index contributed by atoms with van der Waals surface area (Å²) in [6.45, 7) is 4.52. The van der Waals surface area contributed by atoms with Gasteiger partial charge in [-0.3, -0.25) is 25.8 Å². The molecule has 0 aliphatic heterocycles. The molecule has 31 heavy (non-hydrogen) atoms. The van der Waals surface area contributed by atoms with Crippen LogP contribution in [-0.4, -0.2) is 30.1 Å². The zero-order valence-electron chi connectivity index (χ0n) is 17.5. The summed E-state index contributed by atoms with van der Waals surface area (Å²) in [7, 11) is 0. The summed E-state index contributed by atoms with van der Waals surface area (Å²) in [5.74, 6) is 0.410. The minimum Gasteiger partial charge on any atom is -0.494 e. The minimum atomic E-state index is -0.450. The fourth-order valence-electron chi connectivity index (χ4n) is 2.48. The highest BCUT2D eigenvalue weighted by Gasteiger charge is 2.10. The Hall–Kier alpha value is -2.65. The second-order valence-corrected chi connectivity index (χ2v) is 8.02. The lowest BCUT2D eigenvalue weighted by Gasteiger charge is -2.12. The molecule has 0 unspecified atom stereocenters. The first-order chi connectivity index (χ1) is 14.9. The Labute approximate surface area is 196 Å². The Morgan fingerprint density at radius 3 is 2.45 bits per heavy atom. The molecule has 0 spiro atoms. The molecule has 166 valence electrons. The molecule has 2 amide bonds. The van der Waals surface area contributed by atoms with E-state index in [1.165, 1.54) is 0 Å². The van der Waals surface area contributed by atoms with Gasteiger partial charge in [0.05, 0.1) is 11.1 Å². The highest BCUT2D eigenvalue weighted by Crippen LogP contribution is 2.25. The van der Waals surface area contributed by atoms with E-state index in [0.717, 1.165) is 29.3 Å². The lowest BCUT2D eigenvalue weighted by Crippen LogP contribution is -2.49. The minimum absolute atomic E-state index is 0.0326. The normalized spacial score (nSPS) is 10.2. The number of benzene rings is 2. The Kier molecular flexibility index (Phi) is 10.3. The smallest absolute Gasteiger partial charge is 0.276 e. The van der Waals surface area contributed by atoms with Gasteiger partial charge < -0.3 is 9.47 Å². The van der Waals surface area contributed by atoms with Gasteiger partial charge >= 0.3 is 0 Å². The van der Waals surface area contributed by atoms with Crippen molar-refractivity contribution in [3.05, 3.63) is 58.1 Å². The number of hydrogen-bond donors (Lipinski definition) is 3. The molecule has 0 saturated heterocycles. The standard InChI is InChI=1S/C22H26BrN3O4S/c1-3-4-5-12-29-17-9-7-16(8-10-17)21(28)24-22(31)26-25-20(27)14-30-19-11-6-15(2)13-18(19)23/h6-11,13H,3-5,12,14H2,1-2H3,(H,25,27)(H2,24,26,28,31). The van der Waals surface area contributed by atoms with Crippen LogP contribution >= 0.6 is 28.1 Å². The van der Waals surface area contributed by atoms with E-state index >= 15 is 0 Å². The number of rotatable bonds is 9. The van der Waals surface area contributed by atoms with E-state index in [1.807, 2.05) is 19.1 Å². The van der Waals surface area contributed by atoms with Gasteiger partial charge in [-0.05, 0) is 83.5 Å². The molecule has 0 fully saturated rings. The van der Waals surface area contributed by atoms with Gasteiger partial charge in [-0.15, -0.1) is 0 Å². The average molecular weight is 508 g/mol. The zero-order chi connectivity index (χ0) is 22.6. The predicted octanol–water partition coefficient (Wildman–Crippen LogP) is 4.04. The molecule has 0 atom stereocenters. The van der Waals surface area contributed by atoms with E-state index in [1.54, 1.807) is 30.3 Å². The molecular formula is C22H26BrN3O4S. The molecule has 0 aliphatic carbocycles. The molecule has 2 rings (SSSR count). The molecular weight excluding hydrogens is 482 g/mol. The van der Waals surface area contributed by atoms with Crippen molar-refractivity contribution in [1.29, 1.82) is 0 Å². The van der Waals surface area contributed by atoms with Crippen LogP contribution in [0.3, 0.4) is 0 Å². The van der Waals surface area contributed by atoms with Gasteiger partial charge in [-0.2, -0.15) is 0 Å². The Bertz CT molecular complexity index is 906. The molecule has 0 aliphatic rings. The predicted molar refractivity (Wildman–Crippen MR) is 127 cm³/mol. The first-order valence-electron chi connectivity index (χ1n) is 9.91. The van der Waals surface area contributed by atoms with E-state index in [9.17, 15) is 9.59 Å². The van der Waals surface area contributed by atoms with Gasteiger partial charge in [0.15, 0.2) is 11.7 Å². The van der Waals surface area contributed by atoms with Crippen molar-refractivity contribution in [2.45, 2.75) is 33.1 Å². The van der Waals surface area contributed by atoms with Gasteiger partial charge in [0.25, 0.3) is 11.8 Å². The Morgan fingerprint density at radius 2 is 1.77 bits per heavy atom. The van der Waals surface area contributed by atoms with Crippen LogP contribution in [0.4, 0.5) is 0 Å². The summed E-state index contributed by atoms with van der Waals surface area (Å²) in [6.07, 6.45) is 3.25. The van der Waals surface area contributed by atoms with Gasteiger partial charge in [0.1, 0.15) is 11.5 Å². The summed E-state index contributed by atoms with van der Waals surface area (Å²) in [5.41, 5.74) is 6.35. The lowest BCUT2D eigenvalue weighted by molar-refractivity contribution is -0.123. The Morgan fingerprint density at radius 1 is 1.03 bits per heavy atom. The summed E-state index contributed by atoms with van der Waals surface area (Å²) in [6, 6.07) is 12.3. The van der Waals surface area contributed by atoms with Crippen LogP contribution in [0, 0.1) is 6.92 Å². The maximum atomic E-state index is 12.3. The first-order valence-corrected chi connectivity index (χ1v) is 11.1. The van der Waals surface area contributed by atoms with Gasteiger partial charge in [0, 0.05) is 5.56 Å². The number of ether oxygens (including phenoxy) is 2. The summed E-state index contributed by atoms with van der Waals surface area (Å²) in [5, 5.41) is 2.46. The summed E-state index contributed by atoms with van der Waals surface area (Å²) >= 11 is 8.42. The molecule has 7 nitrogen and oxygen atoms in total. The van der Waals surface area contributed by atoms with Crippen molar-refractivity contribution in [3.8, 4) is 11.5 Å². The van der Waals surface area contributed by atoms with Crippen LogP contribution in [0.2, 0.25) is 0 Å². The van der Waals surface area contributed by atoms with Crippen LogP contribution < -0.4 is 25.6 Å². The third-order valence-electron chi connectivity index (χ3n) is 4.12. The maximum absolute atomic E-state index is 12.3. The topological polar surface area (TPSA) is 88.7 Å². The first kappa shape index (κ1) is 24.6. The van der Waals surface area contributed by atoms with Gasteiger partial charge in [-0.1, -0.05) is 25.8 Å². The molecule has 0 aromatic heterocycles. The van der Waals surface area contributed by atoms with Crippen LogP contribution in [0.25, 0.3) is 0 Å². The third-order valence-corrected chi connectivity index (χ3v) is 4.95. The molecule has 3 N–H and O–H groups in total. The second-order valence-electron chi connectivity index (χ2n) is 6.76. The number of hydrogen-bond acceptors (Lipinski definition) is 5. The number of unbranched alkanes of at least 4 members (excludes halogenated alkanes) is 2. The maximum Gasteiger partial charge on any atom is 0.276 e. The van der Waals surface area contributed by atoms with Crippen LogP contribution in [-0.2, 0) is 4.79 Å². The number of halogens is 1. The summed E-state index contributed by atoms with van der Waals surface area (Å²) < 4.78 is 11.8. The van der Waals surface area contributed by atoms with Gasteiger partial charge in [-0.25, -0.2) is 0 Å². The number of hydrazine groups is 1. The highest BCUT2D eigenvalue weighted by molar-refractivity contribution is 9.10. The van der Waals surface area contributed by atoms with Crippen LogP contribution in [0.5, 0.6) is 11.5 Å². The number of carbonyl (C=O) groups is 2. The van der Waals surface area contributed by atoms with Crippen molar-refractivity contribution < 1.29 is 19.1 Å². The number of nitrogens with one attached hydrogen (secondary N) is 3. The van der Waals surface area contributed by atoms with Crippen molar-refractivity contribution in [3.63, 3.8) is 0 Å². The molecule has 2 aromatic carbocycles. The number of thiocarbonyl (C=S) groups is 1. The van der Waals surface area contributed by atoms with Crippen molar-refractivity contribution in [2.24, 2.45) is 0 Å². The van der Waals surface area contributed by atoms with Crippen molar-refractivity contribution in [1.82, 2.24) is 16.2 Å². The SMILES string of the molecule is CCCCCOc1ccc(C(=O)NC(=S)NNC(=O)COc2ccc(C)cc2Br)cc1. The largest absolute Gasteiger partial charge is 0.494 e.